The summed E-state index contributed by atoms with van der Waals surface area (Å²) in [6.07, 6.45) is 3.14. The maximum absolute atomic E-state index is 12.5. The molecule has 2 heterocycles. The lowest BCUT2D eigenvalue weighted by Gasteiger charge is -2.15. The topological polar surface area (TPSA) is 94.1 Å². The normalized spacial score (nSPS) is 12.2. The minimum atomic E-state index is -3.64. The molecule has 20 heavy (non-hydrogen) atoms. The zero-order chi connectivity index (χ0) is 14.9. The van der Waals surface area contributed by atoms with Crippen molar-refractivity contribution in [2.24, 2.45) is 0 Å². The molecule has 0 aromatic carbocycles. The fourth-order valence-corrected chi connectivity index (χ4v) is 3.86. The van der Waals surface area contributed by atoms with E-state index in [4.69, 9.17) is 5.73 Å². The lowest BCUT2D eigenvalue weighted by molar-refractivity contribution is 0.469. The van der Waals surface area contributed by atoms with Crippen molar-refractivity contribution in [2.45, 2.75) is 31.8 Å². The number of aromatic nitrogens is 3. The van der Waals surface area contributed by atoms with Crippen molar-refractivity contribution in [1.82, 2.24) is 19.1 Å². The third-order valence-electron chi connectivity index (χ3n) is 2.81. The molecule has 9 heteroatoms. The first-order valence-electron chi connectivity index (χ1n) is 6.05. The number of rotatable bonds is 5. The lowest BCUT2D eigenvalue weighted by Crippen LogP contribution is -2.26. The number of aryl methyl sites for hydroxylation is 2. The van der Waals surface area contributed by atoms with Crippen molar-refractivity contribution < 1.29 is 8.42 Å². The third kappa shape index (κ3) is 2.84. The molecular formula is C11H17N5O2S2. The van der Waals surface area contributed by atoms with Crippen molar-refractivity contribution in [1.29, 1.82) is 0 Å². The molecule has 2 aromatic rings. The van der Waals surface area contributed by atoms with Crippen LogP contribution in [0.25, 0.3) is 0 Å². The van der Waals surface area contributed by atoms with Crippen LogP contribution in [-0.4, -0.2) is 34.5 Å². The molecule has 0 aliphatic carbocycles. The van der Waals surface area contributed by atoms with E-state index in [1.807, 2.05) is 13.8 Å². The van der Waals surface area contributed by atoms with Crippen molar-refractivity contribution in [3.8, 4) is 0 Å². The van der Waals surface area contributed by atoms with Gasteiger partial charge >= 0.3 is 0 Å². The van der Waals surface area contributed by atoms with E-state index in [0.29, 0.717) is 6.54 Å². The van der Waals surface area contributed by atoms with Crippen molar-refractivity contribution in [3.63, 3.8) is 0 Å². The van der Waals surface area contributed by atoms with Crippen LogP contribution in [0.5, 0.6) is 0 Å². The zero-order valence-electron chi connectivity index (χ0n) is 11.6. The summed E-state index contributed by atoms with van der Waals surface area (Å²) in [5, 5.41) is 4.87. The van der Waals surface area contributed by atoms with Gasteiger partial charge in [-0.15, -0.1) is 11.3 Å². The standard InChI is InChI=1S/C11H17N5O2S2/c1-4-16-7-10(11(12)14-16)20(17,18)15(3)6-9-5-13-8(2)19-9/h5,7H,4,6H2,1-3H3,(H2,12,14). The second-order valence-corrected chi connectivity index (χ2v) is 7.67. The van der Waals surface area contributed by atoms with Gasteiger partial charge in [0.15, 0.2) is 5.82 Å². The molecular weight excluding hydrogens is 298 g/mol. The van der Waals surface area contributed by atoms with E-state index in [2.05, 4.69) is 10.1 Å². The molecule has 0 saturated carbocycles. The summed E-state index contributed by atoms with van der Waals surface area (Å²) >= 11 is 1.47. The van der Waals surface area contributed by atoms with Crippen LogP contribution in [0, 0.1) is 6.92 Å². The second kappa shape index (κ2) is 5.51. The average Bonchev–Trinajstić information content (AvgIpc) is 2.95. The van der Waals surface area contributed by atoms with Crippen LogP contribution in [0.2, 0.25) is 0 Å². The van der Waals surface area contributed by atoms with E-state index < -0.39 is 10.0 Å². The lowest BCUT2D eigenvalue weighted by atomic mass is 10.5. The van der Waals surface area contributed by atoms with E-state index in [-0.39, 0.29) is 17.3 Å². The van der Waals surface area contributed by atoms with Gasteiger partial charge in [-0.3, -0.25) is 4.68 Å². The summed E-state index contributed by atoms with van der Waals surface area (Å²) in [6.45, 7) is 4.58. The number of thiazole rings is 1. The van der Waals surface area contributed by atoms with Gasteiger partial charge in [-0.25, -0.2) is 13.4 Å². The monoisotopic (exact) mass is 315 g/mol. The second-order valence-electron chi connectivity index (χ2n) is 4.34. The fraction of sp³-hybridized carbons (Fsp3) is 0.455. The molecule has 0 amide bonds. The molecule has 0 radical (unpaired) electrons. The minimum absolute atomic E-state index is 0.0270. The van der Waals surface area contributed by atoms with Gasteiger partial charge in [-0.05, 0) is 13.8 Å². The Morgan fingerprint density at radius 2 is 2.20 bits per heavy atom. The Morgan fingerprint density at radius 3 is 2.70 bits per heavy atom. The van der Waals surface area contributed by atoms with Crippen LogP contribution < -0.4 is 5.73 Å². The van der Waals surface area contributed by atoms with Crippen molar-refractivity contribution >= 4 is 27.2 Å². The molecule has 0 atom stereocenters. The molecule has 0 saturated heterocycles. The fourth-order valence-electron chi connectivity index (χ4n) is 1.73. The molecule has 110 valence electrons. The van der Waals surface area contributed by atoms with E-state index in [9.17, 15) is 8.42 Å². The van der Waals surface area contributed by atoms with Gasteiger partial charge in [0.05, 0.1) is 5.01 Å². The first kappa shape index (κ1) is 14.9. The summed E-state index contributed by atoms with van der Waals surface area (Å²) in [4.78, 5) is 5.04. The number of sulfonamides is 1. The van der Waals surface area contributed by atoms with Crippen LogP contribution in [0.15, 0.2) is 17.3 Å². The van der Waals surface area contributed by atoms with Gasteiger partial charge in [0, 0.05) is 37.4 Å². The largest absolute Gasteiger partial charge is 0.381 e. The number of nitrogen functional groups attached to an aromatic ring is 1. The molecule has 0 aliphatic heterocycles. The van der Waals surface area contributed by atoms with Crippen LogP contribution in [0.3, 0.4) is 0 Å². The summed E-state index contributed by atoms with van der Waals surface area (Å²) in [5.74, 6) is 0.0270. The van der Waals surface area contributed by atoms with Crippen LogP contribution in [0.1, 0.15) is 16.8 Å². The van der Waals surface area contributed by atoms with E-state index in [0.717, 1.165) is 9.88 Å². The molecule has 0 spiro atoms. The Hall–Kier alpha value is -1.45. The molecule has 7 nitrogen and oxygen atoms in total. The number of hydrogen-bond donors (Lipinski definition) is 1. The van der Waals surface area contributed by atoms with E-state index >= 15 is 0 Å². The molecule has 0 fully saturated rings. The molecule has 0 unspecified atom stereocenters. The Bertz CT molecular complexity index is 704. The number of nitrogens with zero attached hydrogens (tertiary/aromatic N) is 4. The number of hydrogen-bond acceptors (Lipinski definition) is 6. The Kier molecular flexibility index (Phi) is 4.11. The molecule has 0 aliphatic rings. The first-order valence-corrected chi connectivity index (χ1v) is 8.30. The predicted molar refractivity (Wildman–Crippen MR) is 77.8 cm³/mol. The Morgan fingerprint density at radius 1 is 1.50 bits per heavy atom. The number of anilines is 1. The van der Waals surface area contributed by atoms with Gasteiger partial charge in [0.25, 0.3) is 0 Å². The van der Waals surface area contributed by atoms with Gasteiger partial charge in [0.1, 0.15) is 4.90 Å². The maximum atomic E-state index is 12.5. The van der Waals surface area contributed by atoms with Crippen molar-refractivity contribution in [3.05, 3.63) is 22.3 Å². The third-order valence-corrected chi connectivity index (χ3v) is 5.53. The summed E-state index contributed by atoms with van der Waals surface area (Å²) in [5.41, 5.74) is 5.69. The summed E-state index contributed by atoms with van der Waals surface area (Å²) in [6, 6.07) is 0. The van der Waals surface area contributed by atoms with Gasteiger partial charge in [-0.2, -0.15) is 9.40 Å². The molecule has 2 N–H and O–H groups in total. The molecule has 2 rings (SSSR count). The Labute approximate surface area is 122 Å². The highest BCUT2D eigenvalue weighted by atomic mass is 32.2. The SMILES string of the molecule is CCn1cc(S(=O)(=O)N(C)Cc2cnc(C)s2)c(N)n1. The molecule has 0 bridgehead atoms. The van der Waals surface area contributed by atoms with E-state index in [1.54, 1.807) is 6.20 Å². The van der Waals surface area contributed by atoms with E-state index in [1.165, 1.54) is 33.6 Å². The van der Waals surface area contributed by atoms with Crippen LogP contribution >= 0.6 is 11.3 Å². The predicted octanol–water partition coefficient (Wildman–Crippen LogP) is 1.07. The molecule has 2 aromatic heterocycles. The van der Waals surface area contributed by atoms with Crippen LogP contribution in [-0.2, 0) is 23.1 Å². The smallest absolute Gasteiger partial charge is 0.248 e. The maximum Gasteiger partial charge on any atom is 0.248 e. The highest BCUT2D eigenvalue weighted by Crippen LogP contribution is 2.23. The van der Waals surface area contributed by atoms with Crippen LogP contribution in [0.4, 0.5) is 5.82 Å². The Balaban J connectivity index is 2.26. The van der Waals surface area contributed by atoms with Gasteiger partial charge in [0.2, 0.25) is 10.0 Å². The highest BCUT2D eigenvalue weighted by Gasteiger charge is 2.26. The first-order chi connectivity index (χ1) is 9.34. The summed E-state index contributed by atoms with van der Waals surface area (Å²) in [7, 11) is -2.12. The minimum Gasteiger partial charge on any atom is -0.381 e. The zero-order valence-corrected chi connectivity index (χ0v) is 13.2. The highest BCUT2D eigenvalue weighted by molar-refractivity contribution is 7.89. The average molecular weight is 315 g/mol. The van der Waals surface area contributed by atoms with Gasteiger partial charge < -0.3 is 5.73 Å². The quantitative estimate of drug-likeness (QED) is 0.890. The number of nitrogens with two attached hydrogens (primary N) is 1. The summed E-state index contributed by atoms with van der Waals surface area (Å²) < 4.78 is 27.7. The van der Waals surface area contributed by atoms with Crippen molar-refractivity contribution in [2.75, 3.05) is 12.8 Å². The van der Waals surface area contributed by atoms with Gasteiger partial charge in [-0.1, -0.05) is 0 Å².